The number of fused-ring (bicyclic) bond motifs is 1. The first-order valence-electron chi connectivity index (χ1n) is 12.3. The van der Waals surface area contributed by atoms with E-state index in [9.17, 15) is 0 Å². The predicted octanol–water partition coefficient (Wildman–Crippen LogP) is 4.53. The van der Waals surface area contributed by atoms with Crippen LogP contribution in [0.3, 0.4) is 0 Å². The van der Waals surface area contributed by atoms with Crippen molar-refractivity contribution in [2.24, 2.45) is 0 Å². The highest BCUT2D eigenvalue weighted by Crippen LogP contribution is 2.32. The Morgan fingerprint density at radius 1 is 0.944 bits per heavy atom. The van der Waals surface area contributed by atoms with Gasteiger partial charge >= 0.3 is 0 Å². The molecule has 2 aromatic carbocycles. The van der Waals surface area contributed by atoms with Crippen LogP contribution in [-0.2, 0) is 6.54 Å². The molecule has 0 radical (unpaired) electrons. The number of benzene rings is 2. The fraction of sp³-hybridized carbons (Fsp3) is 0.207. The van der Waals surface area contributed by atoms with Gasteiger partial charge in [-0.3, -0.25) is 9.47 Å². The summed E-state index contributed by atoms with van der Waals surface area (Å²) in [6.45, 7) is 3.15. The normalized spacial score (nSPS) is 16.1. The first-order valence-corrected chi connectivity index (χ1v) is 12.3. The van der Waals surface area contributed by atoms with Gasteiger partial charge in [-0.1, -0.05) is 42.5 Å². The zero-order valence-corrected chi connectivity index (χ0v) is 20.3. The van der Waals surface area contributed by atoms with Crippen LogP contribution in [0.25, 0.3) is 39.5 Å². The van der Waals surface area contributed by atoms with Gasteiger partial charge in [0.15, 0.2) is 11.5 Å². The van der Waals surface area contributed by atoms with Gasteiger partial charge in [-0.15, -0.1) is 0 Å². The number of likely N-dealkylation sites (tertiary alicyclic amines) is 1. The van der Waals surface area contributed by atoms with Crippen molar-refractivity contribution in [1.29, 1.82) is 0 Å². The lowest BCUT2D eigenvalue weighted by atomic mass is 10.1. The van der Waals surface area contributed by atoms with Gasteiger partial charge in [-0.05, 0) is 55.4 Å². The van der Waals surface area contributed by atoms with Gasteiger partial charge in [0.2, 0.25) is 0 Å². The molecule has 4 heterocycles. The molecule has 1 atom stereocenters. The van der Waals surface area contributed by atoms with E-state index in [2.05, 4.69) is 56.2 Å². The van der Waals surface area contributed by atoms with E-state index < -0.39 is 0 Å². The summed E-state index contributed by atoms with van der Waals surface area (Å²) in [7, 11) is 2.04. The molecule has 5 aromatic rings. The average Bonchev–Trinajstić information content (AvgIpc) is 3.54. The Hall–Kier alpha value is -4.07. The fourth-order valence-corrected chi connectivity index (χ4v) is 4.98. The van der Waals surface area contributed by atoms with Gasteiger partial charge < -0.3 is 11.1 Å². The van der Waals surface area contributed by atoms with E-state index in [1.165, 1.54) is 12.0 Å². The molecule has 7 nitrogen and oxygen atoms in total. The molecule has 0 saturated carbocycles. The van der Waals surface area contributed by atoms with Crippen molar-refractivity contribution < 1.29 is 0 Å². The van der Waals surface area contributed by atoms with Crippen molar-refractivity contribution in [2.45, 2.75) is 19.0 Å². The van der Waals surface area contributed by atoms with Crippen molar-refractivity contribution in [1.82, 2.24) is 29.7 Å². The van der Waals surface area contributed by atoms with Gasteiger partial charge in [0, 0.05) is 43.1 Å². The highest BCUT2D eigenvalue weighted by molar-refractivity contribution is 5.84. The summed E-state index contributed by atoms with van der Waals surface area (Å²) < 4.78 is 2.09. The van der Waals surface area contributed by atoms with E-state index >= 15 is 0 Å². The summed E-state index contributed by atoms with van der Waals surface area (Å²) in [6, 6.07) is 27.4. The third-order valence-electron chi connectivity index (χ3n) is 6.93. The second-order valence-electron chi connectivity index (χ2n) is 9.29. The number of nitrogen functional groups attached to an aromatic ring is 1. The minimum atomic E-state index is 0.446. The van der Waals surface area contributed by atoms with E-state index in [4.69, 9.17) is 15.7 Å². The summed E-state index contributed by atoms with van der Waals surface area (Å²) in [5.74, 6) is 1.18. The van der Waals surface area contributed by atoms with Crippen molar-refractivity contribution in [2.75, 3.05) is 25.9 Å². The van der Waals surface area contributed by atoms with Crippen LogP contribution in [-0.4, -0.2) is 50.6 Å². The summed E-state index contributed by atoms with van der Waals surface area (Å²) >= 11 is 0. The number of anilines is 1. The molecule has 36 heavy (non-hydrogen) atoms. The SMILES string of the molecule is CN[C@@H]1CCN(Cc2ccc(-n3c(-c4cccnc4N)nc4ccc(-c5ccccc5)nc43)cc2)C1. The Morgan fingerprint density at radius 3 is 2.53 bits per heavy atom. The molecule has 180 valence electrons. The van der Waals surface area contributed by atoms with Gasteiger partial charge in [0.05, 0.1) is 11.3 Å². The average molecular weight is 476 g/mol. The third kappa shape index (κ3) is 4.23. The molecule has 1 aliphatic heterocycles. The molecular weight excluding hydrogens is 446 g/mol. The van der Waals surface area contributed by atoms with E-state index in [1.807, 2.05) is 49.5 Å². The van der Waals surface area contributed by atoms with Gasteiger partial charge in [-0.2, -0.15) is 0 Å². The molecule has 1 aliphatic rings. The maximum Gasteiger partial charge on any atom is 0.165 e. The number of hydrogen-bond donors (Lipinski definition) is 2. The van der Waals surface area contributed by atoms with Crippen molar-refractivity contribution >= 4 is 17.0 Å². The van der Waals surface area contributed by atoms with Crippen LogP contribution in [0.4, 0.5) is 5.82 Å². The quantitative estimate of drug-likeness (QED) is 0.376. The number of aromatic nitrogens is 4. The van der Waals surface area contributed by atoms with E-state index in [-0.39, 0.29) is 0 Å². The number of nitrogens with zero attached hydrogens (tertiary/aromatic N) is 5. The lowest BCUT2D eigenvalue weighted by molar-refractivity contribution is 0.322. The van der Waals surface area contributed by atoms with Crippen LogP contribution in [0.2, 0.25) is 0 Å². The molecule has 6 rings (SSSR count). The molecule has 7 heteroatoms. The van der Waals surface area contributed by atoms with Gasteiger partial charge in [0.1, 0.15) is 11.3 Å². The molecule has 0 aliphatic carbocycles. The Bertz CT molecular complexity index is 1490. The summed E-state index contributed by atoms with van der Waals surface area (Å²) in [6.07, 6.45) is 2.89. The highest BCUT2D eigenvalue weighted by atomic mass is 15.2. The lowest BCUT2D eigenvalue weighted by Gasteiger charge is -2.16. The maximum atomic E-state index is 6.28. The number of likely N-dealkylation sites (N-methyl/N-ethyl adjacent to an activating group) is 1. The number of hydrogen-bond acceptors (Lipinski definition) is 6. The lowest BCUT2D eigenvalue weighted by Crippen LogP contribution is -2.29. The second-order valence-corrected chi connectivity index (χ2v) is 9.29. The third-order valence-corrected chi connectivity index (χ3v) is 6.93. The zero-order chi connectivity index (χ0) is 24.5. The van der Waals surface area contributed by atoms with Crippen molar-refractivity contribution in [3.05, 3.63) is 90.6 Å². The maximum absolute atomic E-state index is 6.28. The molecule has 3 aromatic heterocycles. The van der Waals surface area contributed by atoms with Gasteiger partial charge in [-0.25, -0.2) is 15.0 Å². The van der Waals surface area contributed by atoms with Gasteiger partial charge in [0.25, 0.3) is 0 Å². The highest BCUT2D eigenvalue weighted by Gasteiger charge is 2.21. The molecule has 1 fully saturated rings. The Kier molecular flexibility index (Phi) is 5.93. The second kappa shape index (κ2) is 9.53. The first kappa shape index (κ1) is 22.4. The number of rotatable bonds is 6. The molecule has 0 amide bonds. The molecule has 0 unspecified atom stereocenters. The van der Waals surface area contributed by atoms with Crippen LogP contribution in [0, 0.1) is 0 Å². The molecular formula is C29H29N7. The zero-order valence-electron chi connectivity index (χ0n) is 20.3. The summed E-state index contributed by atoms with van der Waals surface area (Å²) in [5.41, 5.74) is 12.9. The molecule has 1 saturated heterocycles. The molecule has 0 spiro atoms. The van der Waals surface area contributed by atoms with E-state index in [0.717, 1.165) is 59.1 Å². The molecule has 3 N–H and O–H groups in total. The minimum absolute atomic E-state index is 0.446. The fourth-order valence-electron chi connectivity index (χ4n) is 4.98. The Balaban J connectivity index is 1.43. The van der Waals surface area contributed by atoms with Crippen LogP contribution in [0.5, 0.6) is 0 Å². The van der Waals surface area contributed by atoms with E-state index in [1.54, 1.807) is 6.20 Å². The summed E-state index contributed by atoms with van der Waals surface area (Å²) in [5, 5.41) is 3.39. The molecule has 0 bridgehead atoms. The van der Waals surface area contributed by atoms with Crippen LogP contribution in [0.1, 0.15) is 12.0 Å². The first-order chi connectivity index (χ1) is 17.7. The largest absolute Gasteiger partial charge is 0.383 e. The minimum Gasteiger partial charge on any atom is -0.383 e. The van der Waals surface area contributed by atoms with Crippen LogP contribution in [0.15, 0.2) is 85.1 Å². The predicted molar refractivity (Wildman–Crippen MR) is 145 cm³/mol. The number of pyridine rings is 2. The Morgan fingerprint density at radius 2 is 1.78 bits per heavy atom. The van der Waals surface area contributed by atoms with Crippen molar-refractivity contribution in [3.63, 3.8) is 0 Å². The van der Waals surface area contributed by atoms with Crippen LogP contribution >= 0.6 is 0 Å². The van der Waals surface area contributed by atoms with Crippen molar-refractivity contribution in [3.8, 4) is 28.3 Å². The smallest absolute Gasteiger partial charge is 0.165 e. The topological polar surface area (TPSA) is 84.9 Å². The monoisotopic (exact) mass is 475 g/mol. The Labute approximate surface area is 210 Å². The standard InChI is InChI=1S/C29H29N7/c1-31-22-15-17-35(19-22)18-20-9-11-23(12-10-20)36-28(24-8-5-16-32-27(24)30)34-26-14-13-25(33-29(26)36)21-6-3-2-4-7-21/h2-14,16,22,31H,15,17-19H2,1H3,(H2,30,32)/t22-/m1/s1. The number of nitrogens with one attached hydrogen (secondary N) is 1. The number of imidazole rings is 1. The number of nitrogens with two attached hydrogens (primary N) is 1. The van der Waals surface area contributed by atoms with Crippen LogP contribution < -0.4 is 11.1 Å². The van der Waals surface area contributed by atoms with E-state index in [0.29, 0.717) is 11.9 Å². The summed E-state index contributed by atoms with van der Waals surface area (Å²) in [4.78, 5) is 16.8.